The Morgan fingerprint density at radius 3 is 2.75 bits per heavy atom. The highest BCUT2D eigenvalue weighted by Crippen LogP contribution is 2.24. The van der Waals surface area contributed by atoms with Gasteiger partial charge in [-0.25, -0.2) is 4.98 Å². The normalized spacial score (nSPS) is 10.8. The molecule has 0 aromatic carbocycles. The van der Waals surface area contributed by atoms with E-state index in [9.17, 15) is 4.79 Å². The number of hydrogen-bond donors (Lipinski definition) is 0. The fourth-order valence-electron chi connectivity index (χ4n) is 1.89. The fraction of sp³-hybridized carbons (Fsp3) is 0.308. The van der Waals surface area contributed by atoms with Crippen LogP contribution in [0.3, 0.4) is 0 Å². The van der Waals surface area contributed by atoms with Crippen molar-refractivity contribution < 1.29 is 4.79 Å². The first-order chi connectivity index (χ1) is 9.43. The Labute approximate surface area is 135 Å². The van der Waals surface area contributed by atoms with Crippen LogP contribution in [0.2, 0.25) is 10.0 Å². The molecule has 0 aliphatic rings. The zero-order valence-electron chi connectivity index (χ0n) is 11.0. The highest BCUT2D eigenvalue weighted by Gasteiger charge is 2.19. The Morgan fingerprint density at radius 1 is 1.45 bits per heavy atom. The molecule has 2 aromatic heterocycles. The van der Waals surface area contributed by atoms with Gasteiger partial charge in [-0.15, -0.1) is 0 Å². The zero-order valence-corrected chi connectivity index (χ0v) is 14.1. The maximum atomic E-state index is 12.3. The topological polar surface area (TPSA) is 47.8 Å². The highest BCUT2D eigenvalue weighted by atomic mass is 79.9. The maximum Gasteiger partial charge on any atom is 0.188 e. The van der Waals surface area contributed by atoms with Crippen molar-refractivity contribution in [2.45, 2.75) is 26.8 Å². The molecule has 2 rings (SSSR count). The van der Waals surface area contributed by atoms with Crippen LogP contribution in [-0.4, -0.2) is 20.5 Å². The number of hydrogen-bond acceptors (Lipinski definition) is 3. The predicted octanol–water partition coefficient (Wildman–Crippen LogP) is 4.10. The number of nitrogens with zero attached hydrogens (tertiary/aromatic N) is 3. The summed E-state index contributed by atoms with van der Waals surface area (Å²) in [6.07, 6.45) is 1.60. The van der Waals surface area contributed by atoms with E-state index in [1.54, 1.807) is 4.68 Å². The Kier molecular flexibility index (Phi) is 4.83. The van der Waals surface area contributed by atoms with Gasteiger partial charge in [0.15, 0.2) is 5.78 Å². The summed E-state index contributed by atoms with van der Waals surface area (Å²) in [6.45, 7) is 4.55. The van der Waals surface area contributed by atoms with Gasteiger partial charge in [0.05, 0.1) is 32.3 Å². The van der Waals surface area contributed by atoms with Crippen LogP contribution >= 0.6 is 39.1 Å². The van der Waals surface area contributed by atoms with Crippen molar-refractivity contribution in [1.82, 2.24) is 14.8 Å². The van der Waals surface area contributed by atoms with Crippen LogP contribution in [0.15, 0.2) is 16.7 Å². The largest absolute Gasteiger partial charge is 0.292 e. The molecule has 0 aliphatic heterocycles. The molecule has 0 amide bonds. The molecule has 20 heavy (non-hydrogen) atoms. The second kappa shape index (κ2) is 6.24. The van der Waals surface area contributed by atoms with Gasteiger partial charge in [0.2, 0.25) is 0 Å². The van der Waals surface area contributed by atoms with Gasteiger partial charge >= 0.3 is 0 Å². The first-order valence-corrected chi connectivity index (χ1v) is 7.55. The lowest BCUT2D eigenvalue weighted by molar-refractivity contribution is 0.0986. The molecule has 0 spiro atoms. The SMILES string of the molecule is CCn1nc(C)c(Br)c1CC(=O)c1ncc(Cl)cc1Cl. The van der Waals surface area contributed by atoms with E-state index in [0.717, 1.165) is 15.9 Å². The third-order valence-electron chi connectivity index (χ3n) is 2.85. The number of ketones is 1. The smallest absolute Gasteiger partial charge is 0.188 e. The Bertz CT molecular complexity index is 670. The van der Waals surface area contributed by atoms with Crippen molar-refractivity contribution in [2.24, 2.45) is 0 Å². The molecule has 2 heterocycles. The Morgan fingerprint density at radius 2 is 2.15 bits per heavy atom. The van der Waals surface area contributed by atoms with Gasteiger partial charge < -0.3 is 0 Å². The fourth-order valence-corrected chi connectivity index (χ4v) is 2.80. The molecule has 0 saturated heterocycles. The Balaban J connectivity index is 2.32. The van der Waals surface area contributed by atoms with Crippen LogP contribution in [0.4, 0.5) is 0 Å². The van der Waals surface area contributed by atoms with E-state index in [1.807, 2.05) is 13.8 Å². The third kappa shape index (κ3) is 3.05. The number of aromatic nitrogens is 3. The molecule has 0 atom stereocenters. The van der Waals surface area contributed by atoms with E-state index < -0.39 is 0 Å². The molecule has 0 saturated carbocycles. The zero-order chi connectivity index (χ0) is 14.9. The number of aryl methyl sites for hydroxylation is 2. The van der Waals surface area contributed by atoms with Gasteiger partial charge in [-0.3, -0.25) is 9.48 Å². The Hall–Kier alpha value is -0.910. The van der Waals surface area contributed by atoms with Gasteiger partial charge in [0.25, 0.3) is 0 Å². The number of carbonyl (C=O) groups excluding carboxylic acids is 1. The van der Waals surface area contributed by atoms with Crippen LogP contribution in [0.25, 0.3) is 0 Å². The molecule has 0 fully saturated rings. The third-order valence-corrected chi connectivity index (χ3v) is 4.38. The highest BCUT2D eigenvalue weighted by molar-refractivity contribution is 9.10. The molecule has 106 valence electrons. The average molecular weight is 377 g/mol. The summed E-state index contributed by atoms with van der Waals surface area (Å²) >= 11 is 15.2. The van der Waals surface area contributed by atoms with Crippen LogP contribution in [0, 0.1) is 6.92 Å². The molecule has 0 bridgehead atoms. The van der Waals surface area contributed by atoms with E-state index in [1.165, 1.54) is 12.3 Å². The lowest BCUT2D eigenvalue weighted by atomic mass is 10.1. The van der Waals surface area contributed by atoms with Crippen molar-refractivity contribution in [1.29, 1.82) is 0 Å². The number of Topliss-reactive ketones (excluding diaryl/α,β-unsaturated/α-hetero) is 1. The number of halogens is 3. The van der Waals surface area contributed by atoms with E-state index in [4.69, 9.17) is 23.2 Å². The van der Waals surface area contributed by atoms with Crippen molar-refractivity contribution in [2.75, 3.05) is 0 Å². The molecule has 0 N–H and O–H groups in total. The van der Waals surface area contributed by atoms with Gasteiger partial charge in [-0.05, 0) is 35.8 Å². The van der Waals surface area contributed by atoms with E-state index >= 15 is 0 Å². The van der Waals surface area contributed by atoms with E-state index in [2.05, 4.69) is 26.0 Å². The minimum Gasteiger partial charge on any atom is -0.292 e. The van der Waals surface area contributed by atoms with Crippen molar-refractivity contribution in [3.8, 4) is 0 Å². The number of carbonyl (C=O) groups is 1. The summed E-state index contributed by atoms with van der Waals surface area (Å²) < 4.78 is 2.64. The van der Waals surface area contributed by atoms with Gasteiger partial charge in [0, 0.05) is 12.7 Å². The van der Waals surface area contributed by atoms with Crippen molar-refractivity contribution in [3.05, 3.63) is 43.9 Å². The van der Waals surface area contributed by atoms with Crippen LogP contribution < -0.4 is 0 Å². The molecular formula is C13H12BrCl2N3O. The summed E-state index contributed by atoms with van der Waals surface area (Å²) in [5, 5.41) is 5.02. The number of pyridine rings is 1. The minimum atomic E-state index is -0.165. The van der Waals surface area contributed by atoms with Crippen LogP contribution in [0.5, 0.6) is 0 Å². The number of rotatable bonds is 4. The predicted molar refractivity (Wildman–Crippen MR) is 82.6 cm³/mol. The molecule has 4 nitrogen and oxygen atoms in total. The van der Waals surface area contributed by atoms with Crippen molar-refractivity contribution >= 4 is 44.9 Å². The quantitative estimate of drug-likeness (QED) is 0.754. The lowest BCUT2D eigenvalue weighted by Gasteiger charge is -2.06. The summed E-state index contributed by atoms with van der Waals surface area (Å²) in [6, 6.07) is 1.51. The molecular weight excluding hydrogens is 365 g/mol. The lowest BCUT2D eigenvalue weighted by Crippen LogP contribution is -2.12. The summed E-state index contributed by atoms with van der Waals surface area (Å²) in [4.78, 5) is 16.3. The summed E-state index contributed by atoms with van der Waals surface area (Å²) in [5.74, 6) is -0.165. The molecule has 0 radical (unpaired) electrons. The molecule has 7 heteroatoms. The van der Waals surface area contributed by atoms with Gasteiger partial charge in [-0.2, -0.15) is 5.10 Å². The first kappa shape index (κ1) is 15.5. The van der Waals surface area contributed by atoms with Gasteiger partial charge in [0.1, 0.15) is 5.69 Å². The second-order valence-electron chi connectivity index (χ2n) is 4.25. The van der Waals surface area contributed by atoms with E-state index in [0.29, 0.717) is 11.6 Å². The summed E-state index contributed by atoms with van der Waals surface area (Å²) in [7, 11) is 0. The minimum absolute atomic E-state index is 0.165. The van der Waals surface area contributed by atoms with Crippen LogP contribution in [-0.2, 0) is 13.0 Å². The molecule has 2 aromatic rings. The molecule has 0 aliphatic carbocycles. The standard InChI is InChI=1S/C13H12BrCl2N3O/c1-3-19-10(12(14)7(2)18-19)5-11(20)13-9(16)4-8(15)6-17-13/h4,6H,3,5H2,1-2H3. The summed E-state index contributed by atoms with van der Waals surface area (Å²) in [5.41, 5.74) is 1.90. The average Bonchev–Trinajstić information content (AvgIpc) is 2.66. The first-order valence-electron chi connectivity index (χ1n) is 6.00. The monoisotopic (exact) mass is 375 g/mol. The van der Waals surface area contributed by atoms with Crippen LogP contribution in [0.1, 0.15) is 28.8 Å². The maximum absolute atomic E-state index is 12.3. The van der Waals surface area contributed by atoms with Gasteiger partial charge in [-0.1, -0.05) is 23.2 Å². The van der Waals surface area contributed by atoms with Crippen molar-refractivity contribution in [3.63, 3.8) is 0 Å². The molecule has 0 unspecified atom stereocenters. The second-order valence-corrected chi connectivity index (χ2v) is 5.88. The van der Waals surface area contributed by atoms with E-state index in [-0.39, 0.29) is 22.9 Å².